The molecule has 0 saturated carbocycles. The van der Waals surface area contributed by atoms with Gasteiger partial charge in [-0.25, -0.2) is 4.79 Å². The van der Waals surface area contributed by atoms with E-state index >= 15 is 0 Å². The van der Waals surface area contributed by atoms with Gasteiger partial charge in [0.15, 0.2) is 16.6 Å². The van der Waals surface area contributed by atoms with Crippen LogP contribution in [0.1, 0.15) is 41.7 Å². The van der Waals surface area contributed by atoms with Crippen LogP contribution in [-0.2, 0) is 6.42 Å². The number of fused-ring (bicyclic) bond motifs is 6. The molecule has 1 aliphatic heterocycles. The molecule has 1 atom stereocenters. The highest BCUT2D eigenvalue weighted by molar-refractivity contribution is 6.10. The third-order valence-electron chi connectivity index (χ3n) is 5.40. The quantitative estimate of drug-likeness (QED) is 0.354. The van der Waals surface area contributed by atoms with Gasteiger partial charge < -0.3 is 13.6 Å². The Morgan fingerprint density at radius 3 is 2.63 bits per heavy atom. The molecule has 0 fully saturated rings. The van der Waals surface area contributed by atoms with Gasteiger partial charge in [-0.05, 0) is 36.6 Å². The number of rotatable bonds is 3. The summed E-state index contributed by atoms with van der Waals surface area (Å²) >= 11 is 0. The van der Waals surface area contributed by atoms with Gasteiger partial charge in [-0.3, -0.25) is 4.79 Å². The summed E-state index contributed by atoms with van der Waals surface area (Å²) < 4.78 is 17.7. The molecule has 30 heavy (non-hydrogen) atoms. The van der Waals surface area contributed by atoms with Crippen molar-refractivity contribution in [1.29, 1.82) is 0 Å². The van der Waals surface area contributed by atoms with Crippen LogP contribution in [0, 0.1) is 13.0 Å². The lowest BCUT2D eigenvalue weighted by Crippen LogP contribution is -2.14. The Morgan fingerprint density at radius 1 is 1.07 bits per heavy atom. The average Bonchev–Trinajstić information content (AvgIpc) is 2.76. The molecule has 2 aromatic heterocycles. The zero-order valence-electron chi connectivity index (χ0n) is 16.7. The van der Waals surface area contributed by atoms with Crippen LogP contribution >= 0.6 is 0 Å². The van der Waals surface area contributed by atoms with Gasteiger partial charge in [0.1, 0.15) is 17.2 Å². The average molecular weight is 399 g/mol. The molecule has 149 valence electrons. The molecule has 0 saturated heterocycles. The van der Waals surface area contributed by atoms with Gasteiger partial charge in [0.2, 0.25) is 0 Å². The van der Waals surface area contributed by atoms with Crippen molar-refractivity contribution in [3.63, 3.8) is 0 Å². The summed E-state index contributed by atoms with van der Waals surface area (Å²) in [4.78, 5) is 25.3. The molecule has 1 aliphatic rings. The predicted octanol–water partition coefficient (Wildman–Crippen LogP) is 5.11. The Morgan fingerprint density at radius 2 is 1.87 bits per heavy atom. The molecule has 5 nitrogen and oxygen atoms in total. The second kappa shape index (κ2) is 7.02. The maximum Gasteiger partial charge on any atom is 0.344 e. The Labute approximate surface area is 172 Å². The highest BCUT2D eigenvalue weighted by Gasteiger charge is 2.27. The number of hydrogen-bond donors (Lipinski definition) is 0. The molecule has 1 unspecified atom stereocenters. The van der Waals surface area contributed by atoms with E-state index in [1.165, 1.54) is 6.26 Å². The van der Waals surface area contributed by atoms with E-state index in [0.717, 1.165) is 12.0 Å². The van der Waals surface area contributed by atoms with Gasteiger partial charge in [-0.2, -0.15) is 0 Å². The minimum atomic E-state index is -0.612. The second-order valence-corrected chi connectivity index (χ2v) is 7.45. The van der Waals surface area contributed by atoms with E-state index in [9.17, 15) is 9.59 Å². The zero-order chi connectivity index (χ0) is 20.8. The first-order valence-corrected chi connectivity index (χ1v) is 9.95. The third kappa shape index (κ3) is 2.77. The standard InChI is InChI=1S/C25H19O5/c1-3-7-16-12-19(26)30-25-20(16)24-17(23-21(25)22(27)14(2)13-28-23)10-11-18(29-24)15-8-5-4-6-9-15/h4-6,8-11,13,18H,3,7H2,1-2H3. The summed E-state index contributed by atoms with van der Waals surface area (Å²) in [5.74, 6) is 0.546. The maximum atomic E-state index is 13.0. The third-order valence-corrected chi connectivity index (χ3v) is 5.40. The first-order valence-electron chi connectivity index (χ1n) is 9.95. The normalized spacial score (nSPS) is 15.3. The summed E-state index contributed by atoms with van der Waals surface area (Å²) in [6.45, 7) is 3.70. The Hall–Kier alpha value is -3.60. The van der Waals surface area contributed by atoms with Gasteiger partial charge in [-0.1, -0.05) is 43.7 Å². The number of benzene rings is 2. The molecule has 4 aromatic rings. The molecule has 3 heterocycles. The van der Waals surface area contributed by atoms with Crippen molar-refractivity contribution in [3.8, 4) is 5.75 Å². The minimum absolute atomic E-state index is 0.204. The van der Waals surface area contributed by atoms with Crippen LogP contribution < -0.4 is 15.8 Å². The summed E-state index contributed by atoms with van der Waals surface area (Å²) in [5.41, 5.74) is 2.52. The summed E-state index contributed by atoms with van der Waals surface area (Å²) in [6.07, 6.45) is 6.39. The predicted molar refractivity (Wildman–Crippen MR) is 115 cm³/mol. The van der Waals surface area contributed by atoms with Crippen LogP contribution in [0.3, 0.4) is 0 Å². The van der Waals surface area contributed by atoms with Crippen LogP contribution in [0.2, 0.25) is 0 Å². The molecule has 5 rings (SSSR count). The Kier molecular flexibility index (Phi) is 4.31. The SMILES string of the molecule is CCCc1[c]c(=O)oc2c1c1c(c3occ(C)c(=O)c32)C=CC(c2ccccc2)O1. The fourth-order valence-electron chi connectivity index (χ4n) is 3.99. The fraction of sp³-hybridized carbons (Fsp3) is 0.200. The number of ether oxygens (including phenoxy) is 1. The van der Waals surface area contributed by atoms with Crippen LogP contribution in [-0.4, -0.2) is 0 Å². The number of aryl methyl sites for hydroxylation is 2. The van der Waals surface area contributed by atoms with Gasteiger partial charge >= 0.3 is 5.63 Å². The monoisotopic (exact) mass is 399 g/mol. The minimum Gasteiger partial charge on any atom is -0.480 e. The molecular formula is C25H19O5. The second-order valence-electron chi connectivity index (χ2n) is 7.45. The van der Waals surface area contributed by atoms with Crippen molar-refractivity contribution in [1.82, 2.24) is 0 Å². The maximum absolute atomic E-state index is 13.0. The molecule has 2 aromatic carbocycles. The lowest BCUT2D eigenvalue weighted by atomic mass is 9.95. The Balaban J connectivity index is 1.91. The van der Waals surface area contributed by atoms with Gasteiger partial charge in [0, 0.05) is 5.56 Å². The van der Waals surface area contributed by atoms with Gasteiger partial charge in [-0.15, -0.1) is 0 Å². The van der Waals surface area contributed by atoms with E-state index in [4.69, 9.17) is 13.6 Å². The molecule has 5 heteroatoms. The van der Waals surface area contributed by atoms with Crippen molar-refractivity contribution in [2.45, 2.75) is 32.8 Å². The molecule has 0 aliphatic carbocycles. The summed E-state index contributed by atoms with van der Waals surface area (Å²) in [5, 5.41) is 0.876. The molecule has 1 radical (unpaired) electrons. The first-order chi connectivity index (χ1) is 14.6. The van der Waals surface area contributed by atoms with Crippen molar-refractivity contribution in [2.24, 2.45) is 0 Å². The zero-order valence-corrected chi connectivity index (χ0v) is 16.7. The van der Waals surface area contributed by atoms with Crippen LogP contribution in [0.5, 0.6) is 5.75 Å². The van der Waals surface area contributed by atoms with E-state index in [2.05, 4.69) is 6.07 Å². The molecule has 0 N–H and O–H groups in total. The topological polar surface area (TPSA) is 69.7 Å². The van der Waals surface area contributed by atoms with Crippen molar-refractivity contribution >= 4 is 28.0 Å². The Bertz CT molecular complexity index is 1420. The van der Waals surface area contributed by atoms with Crippen molar-refractivity contribution in [2.75, 3.05) is 0 Å². The van der Waals surface area contributed by atoms with E-state index in [0.29, 0.717) is 39.8 Å². The fourth-order valence-corrected chi connectivity index (χ4v) is 3.99. The van der Waals surface area contributed by atoms with E-state index in [1.54, 1.807) is 6.92 Å². The van der Waals surface area contributed by atoms with Crippen LogP contribution in [0.25, 0.3) is 28.0 Å². The van der Waals surface area contributed by atoms with Crippen LogP contribution in [0.15, 0.2) is 61.1 Å². The largest absolute Gasteiger partial charge is 0.480 e. The number of hydrogen-bond acceptors (Lipinski definition) is 5. The lowest BCUT2D eigenvalue weighted by Gasteiger charge is -2.24. The smallest absolute Gasteiger partial charge is 0.344 e. The van der Waals surface area contributed by atoms with Crippen LogP contribution in [0.4, 0.5) is 0 Å². The highest BCUT2D eigenvalue weighted by Crippen LogP contribution is 2.44. The van der Waals surface area contributed by atoms with Gasteiger partial charge in [0.05, 0.1) is 23.3 Å². The first kappa shape index (κ1) is 18.4. The summed E-state index contributed by atoms with van der Waals surface area (Å²) in [7, 11) is 0. The van der Waals surface area contributed by atoms with Crippen molar-refractivity contribution < 1.29 is 13.6 Å². The highest BCUT2D eigenvalue weighted by atomic mass is 16.5. The van der Waals surface area contributed by atoms with Crippen molar-refractivity contribution in [3.05, 3.63) is 91.6 Å². The van der Waals surface area contributed by atoms with E-state index in [-0.39, 0.29) is 22.5 Å². The molecular weight excluding hydrogens is 380 g/mol. The van der Waals surface area contributed by atoms with E-state index in [1.807, 2.05) is 49.4 Å². The molecule has 0 amide bonds. The van der Waals surface area contributed by atoms with Gasteiger partial charge in [0.25, 0.3) is 0 Å². The molecule has 0 bridgehead atoms. The van der Waals surface area contributed by atoms with E-state index < -0.39 is 5.63 Å². The lowest BCUT2D eigenvalue weighted by molar-refractivity contribution is 0.254. The summed E-state index contributed by atoms with van der Waals surface area (Å²) in [6, 6.07) is 12.6. The molecule has 0 spiro atoms.